The van der Waals surface area contributed by atoms with Gasteiger partial charge in [-0.3, -0.25) is 4.90 Å². The highest BCUT2D eigenvalue weighted by molar-refractivity contribution is 5.72. The van der Waals surface area contributed by atoms with Crippen LogP contribution in [0.25, 0.3) is 0 Å². The van der Waals surface area contributed by atoms with Gasteiger partial charge in [-0.2, -0.15) is 13.2 Å². The second-order valence-electron chi connectivity index (χ2n) is 6.81. The standard InChI is InChI=1S/C17H18F4N2O4/c1-9-13(8-22(9)14(24)25)23(15(26)27-2)16(5-6-16)10-3-4-12(18)11(7-10)17(19,20)21/h3-4,7,9,13H,5-6,8H2,1-2H3,(H,24,25). The average molecular weight is 390 g/mol. The number of carbonyl (C=O) groups excluding carboxylic acids is 1. The number of likely N-dealkylation sites (tertiary alicyclic amines) is 1. The van der Waals surface area contributed by atoms with E-state index in [1.807, 2.05) is 0 Å². The van der Waals surface area contributed by atoms with Gasteiger partial charge in [-0.1, -0.05) is 6.07 Å². The van der Waals surface area contributed by atoms with E-state index in [2.05, 4.69) is 0 Å². The number of rotatable bonds is 3. The van der Waals surface area contributed by atoms with E-state index in [0.29, 0.717) is 12.8 Å². The number of amides is 2. The molecule has 2 amide bonds. The average Bonchev–Trinajstić information content (AvgIpc) is 3.37. The Labute approximate surface area is 152 Å². The predicted molar refractivity (Wildman–Crippen MR) is 84.5 cm³/mol. The quantitative estimate of drug-likeness (QED) is 0.800. The van der Waals surface area contributed by atoms with E-state index in [-0.39, 0.29) is 12.1 Å². The number of halogens is 4. The number of carboxylic acid groups (broad SMARTS) is 1. The van der Waals surface area contributed by atoms with Crippen molar-refractivity contribution in [2.45, 2.75) is 43.6 Å². The molecule has 0 radical (unpaired) electrons. The predicted octanol–water partition coefficient (Wildman–Crippen LogP) is 3.65. The molecule has 1 N–H and O–H groups in total. The number of benzene rings is 1. The van der Waals surface area contributed by atoms with E-state index in [0.717, 1.165) is 24.1 Å². The van der Waals surface area contributed by atoms with E-state index in [4.69, 9.17) is 9.84 Å². The lowest BCUT2D eigenvalue weighted by atomic mass is 9.91. The largest absolute Gasteiger partial charge is 0.465 e. The summed E-state index contributed by atoms with van der Waals surface area (Å²) in [6.45, 7) is 1.64. The molecular weight excluding hydrogens is 372 g/mol. The lowest BCUT2D eigenvalue weighted by Gasteiger charge is -2.51. The molecule has 3 rings (SSSR count). The van der Waals surface area contributed by atoms with Crippen LogP contribution < -0.4 is 0 Å². The number of carbonyl (C=O) groups is 2. The molecule has 1 heterocycles. The van der Waals surface area contributed by atoms with Gasteiger partial charge in [-0.15, -0.1) is 0 Å². The zero-order chi connectivity index (χ0) is 20.1. The van der Waals surface area contributed by atoms with Crippen molar-refractivity contribution in [1.29, 1.82) is 0 Å². The first kappa shape index (κ1) is 19.2. The fraction of sp³-hybridized carbons (Fsp3) is 0.529. The van der Waals surface area contributed by atoms with Crippen LogP contribution >= 0.6 is 0 Å². The first-order valence-electron chi connectivity index (χ1n) is 8.27. The van der Waals surface area contributed by atoms with E-state index < -0.39 is 47.4 Å². The third-order valence-electron chi connectivity index (χ3n) is 5.37. The molecule has 2 atom stereocenters. The Morgan fingerprint density at radius 1 is 1.33 bits per heavy atom. The summed E-state index contributed by atoms with van der Waals surface area (Å²) < 4.78 is 57.7. The second-order valence-corrected chi connectivity index (χ2v) is 6.81. The van der Waals surface area contributed by atoms with Crippen LogP contribution in [0.4, 0.5) is 27.2 Å². The van der Waals surface area contributed by atoms with Crippen molar-refractivity contribution in [3.8, 4) is 0 Å². The summed E-state index contributed by atoms with van der Waals surface area (Å²) in [5, 5.41) is 9.12. The molecule has 27 heavy (non-hydrogen) atoms. The molecule has 1 saturated heterocycles. The van der Waals surface area contributed by atoms with Crippen molar-refractivity contribution >= 4 is 12.2 Å². The van der Waals surface area contributed by atoms with E-state index in [1.54, 1.807) is 6.92 Å². The van der Waals surface area contributed by atoms with Crippen molar-refractivity contribution in [2.24, 2.45) is 0 Å². The Balaban J connectivity index is 1.99. The van der Waals surface area contributed by atoms with E-state index in [9.17, 15) is 27.2 Å². The first-order valence-corrected chi connectivity index (χ1v) is 8.27. The Morgan fingerprint density at radius 2 is 1.96 bits per heavy atom. The van der Waals surface area contributed by atoms with Crippen molar-refractivity contribution < 1.29 is 37.0 Å². The second kappa shape index (κ2) is 6.28. The van der Waals surface area contributed by atoms with Gasteiger partial charge in [0.2, 0.25) is 0 Å². The Hall–Kier alpha value is -2.52. The summed E-state index contributed by atoms with van der Waals surface area (Å²) in [5.41, 5.74) is -2.31. The first-order chi connectivity index (χ1) is 12.5. The molecule has 1 aromatic rings. The summed E-state index contributed by atoms with van der Waals surface area (Å²) in [6, 6.07) is 1.60. The van der Waals surface area contributed by atoms with Crippen LogP contribution in [0.15, 0.2) is 18.2 Å². The third-order valence-corrected chi connectivity index (χ3v) is 5.37. The molecule has 10 heteroatoms. The van der Waals surface area contributed by atoms with Crippen molar-refractivity contribution in [3.05, 3.63) is 35.1 Å². The monoisotopic (exact) mass is 390 g/mol. The highest BCUT2D eigenvalue weighted by Crippen LogP contribution is 2.54. The zero-order valence-electron chi connectivity index (χ0n) is 14.6. The SMILES string of the molecule is COC(=O)N(C1CN(C(=O)O)C1C)C1(c2ccc(F)c(C(F)(F)F)c2)CC1. The summed E-state index contributed by atoms with van der Waals surface area (Å²) >= 11 is 0. The smallest absolute Gasteiger partial charge is 0.419 e. The fourth-order valence-corrected chi connectivity index (χ4v) is 3.68. The third kappa shape index (κ3) is 3.06. The number of methoxy groups -OCH3 is 1. The molecule has 1 aromatic carbocycles. The maximum Gasteiger partial charge on any atom is 0.419 e. The topological polar surface area (TPSA) is 70.1 Å². The fourth-order valence-electron chi connectivity index (χ4n) is 3.68. The minimum atomic E-state index is -4.86. The maximum absolute atomic E-state index is 13.6. The van der Waals surface area contributed by atoms with E-state index in [1.165, 1.54) is 11.0 Å². The highest BCUT2D eigenvalue weighted by Gasteiger charge is 2.59. The van der Waals surface area contributed by atoms with Gasteiger partial charge in [0.05, 0.1) is 30.3 Å². The molecule has 148 valence electrons. The summed E-state index contributed by atoms with van der Waals surface area (Å²) in [7, 11) is 1.15. The van der Waals surface area contributed by atoms with Crippen molar-refractivity contribution in [3.63, 3.8) is 0 Å². The van der Waals surface area contributed by atoms with Crippen molar-refractivity contribution in [2.75, 3.05) is 13.7 Å². The summed E-state index contributed by atoms with van der Waals surface area (Å²) in [4.78, 5) is 26.0. The molecule has 0 bridgehead atoms. The molecule has 2 unspecified atom stereocenters. The normalized spacial score (nSPS) is 23.4. The minimum absolute atomic E-state index is 0.0284. The Morgan fingerprint density at radius 3 is 2.41 bits per heavy atom. The highest BCUT2D eigenvalue weighted by atomic mass is 19.4. The molecule has 2 aliphatic rings. The van der Waals surface area contributed by atoms with Crippen LogP contribution in [-0.2, 0) is 16.5 Å². The number of hydrogen-bond acceptors (Lipinski definition) is 3. The van der Waals surface area contributed by atoms with Crippen LogP contribution in [0.5, 0.6) is 0 Å². The maximum atomic E-state index is 13.6. The minimum Gasteiger partial charge on any atom is -0.465 e. The molecule has 2 fully saturated rings. The molecule has 6 nitrogen and oxygen atoms in total. The van der Waals surface area contributed by atoms with Gasteiger partial charge < -0.3 is 14.7 Å². The van der Waals surface area contributed by atoms with Gasteiger partial charge in [0, 0.05) is 6.54 Å². The van der Waals surface area contributed by atoms with E-state index >= 15 is 0 Å². The lowest BCUT2D eigenvalue weighted by molar-refractivity contribution is -0.140. The summed E-state index contributed by atoms with van der Waals surface area (Å²) in [6.07, 6.45) is -6.01. The molecule has 1 saturated carbocycles. The van der Waals surface area contributed by atoms with Gasteiger partial charge in [0.15, 0.2) is 0 Å². The number of nitrogens with zero attached hydrogens (tertiary/aromatic N) is 2. The molecule has 0 aromatic heterocycles. The van der Waals surface area contributed by atoms with Gasteiger partial charge in [-0.05, 0) is 37.5 Å². The van der Waals surface area contributed by atoms with Gasteiger partial charge in [0.1, 0.15) is 5.82 Å². The van der Waals surface area contributed by atoms with Crippen molar-refractivity contribution in [1.82, 2.24) is 9.80 Å². The number of hydrogen-bond donors (Lipinski definition) is 1. The number of alkyl halides is 3. The van der Waals surface area contributed by atoms with Crippen LogP contribution in [0.3, 0.4) is 0 Å². The Bertz CT molecular complexity index is 779. The molecule has 1 aliphatic heterocycles. The van der Waals surface area contributed by atoms with Crippen LogP contribution in [0.1, 0.15) is 30.9 Å². The Kier molecular flexibility index (Phi) is 4.47. The molecule has 1 aliphatic carbocycles. The van der Waals surface area contributed by atoms with Gasteiger partial charge >= 0.3 is 18.4 Å². The van der Waals surface area contributed by atoms with Crippen LogP contribution in [-0.4, -0.2) is 52.8 Å². The van der Waals surface area contributed by atoms with Gasteiger partial charge in [-0.25, -0.2) is 14.0 Å². The van der Waals surface area contributed by atoms with Crippen LogP contribution in [0.2, 0.25) is 0 Å². The zero-order valence-corrected chi connectivity index (χ0v) is 14.6. The number of ether oxygens (including phenoxy) is 1. The van der Waals surface area contributed by atoms with Crippen LogP contribution in [0, 0.1) is 5.82 Å². The molecular formula is C17H18F4N2O4. The summed E-state index contributed by atoms with van der Waals surface area (Å²) in [5.74, 6) is -1.39. The lowest BCUT2D eigenvalue weighted by Crippen LogP contribution is -2.69. The molecule has 0 spiro atoms. The van der Waals surface area contributed by atoms with Gasteiger partial charge in [0.25, 0.3) is 0 Å².